The van der Waals surface area contributed by atoms with E-state index < -0.39 is 22.5 Å². The van der Waals surface area contributed by atoms with E-state index in [1.54, 1.807) is 36.4 Å². The van der Waals surface area contributed by atoms with Gasteiger partial charge in [0.2, 0.25) is 0 Å². The van der Waals surface area contributed by atoms with Crippen molar-refractivity contribution < 1.29 is 17.9 Å². The summed E-state index contributed by atoms with van der Waals surface area (Å²) in [5.41, 5.74) is 4.70. The van der Waals surface area contributed by atoms with Crippen LogP contribution < -0.4 is 14.5 Å². The number of hydrazone groups is 1. The molecule has 0 unspecified atom stereocenters. The molecule has 166 valence electrons. The molecule has 3 rings (SSSR count). The molecular formula is C22H28N4O4S. The van der Waals surface area contributed by atoms with Gasteiger partial charge in [-0.3, -0.25) is 9.10 Å². The monoisotopic (exact) mass is 444 g/mol. The topological polar surface area (TPSA) is 91.3 Å². The lowest BCUT2D eigenvalue weighted by molar-refractivity contribution is -0.119. The standard InChI is InChI=1S/C22H28N4O4S/c1-17-7-9-21(10-8-17)31(28,29)26(19-5-4-6-20(15-19)30-3)16-22(27)24-23-18-11-13-25(2)14-12-18/h4-10,15H,11-14,16H2,1-3H3,(H,24,27). The van der Waals surface area contributed by atoms with Crippen molar-refractivity contribution in [2.45, 2.75) is 24.7 Å². The number of anilines is 1. The molecule has 1 amide bonds. The molecule has 0 aliphatic carbocycles. The van der Waals surface area contributed by atoms with Gasteiger partial charge in [-0.15, -0.1) is 0 Å². The SMILES string of the molecule is COc1cccc(N(CC(=O)NN=C2CCN(C)CC2)S(=O)(=O)c2ccc(C)cc2)c1. The van der Waals surface area contributed by atoms with E-state index in [0.717, 1.165) is 41.5 Å². The molecule has 0 bridgehead atoms. The third kappa shape index (κ3) is 5.83. The number of nitrogens with one attached hydrogen (secondary N) is 1. The van der Waals surface area contributed by atoms with Crippen molar-refractivity contribution in [2.24, 2.45) is 5.10 Å². The van der Waals surface area contributed by atoms with Crippen LogP contribution in [-0.2, 0) is 14.8 Å². The Kier molecular flexibility index (Phi) is 7.29. The largest absolute Gasteiger partial charge is 0.497 e. The Labute approximate surface area is 183 Å². The van der Waals surface area contributed by atoms with Gasteiger partial charge in [0.05, 0.1) is 17.7 Å². The highest BCUT2D eigenvalue weighted by atomic mass is 32.2. The zero-order valence-electron chi connectivity index (χ0n) is 18.0. The summed E-state index contributed by atoms with van der Waals surface area (Å²) in [6.07, 6.45) is 1.55. The van der Waals surface area contributed by atoms with E-state index in [2.05, 4.69) is 15.4 Å². The van der Waals surface area contributed by atoms with Crippen molar-refractivity contribution in [2.75, 3.05) is 38.1 Å². The van der Waals surface area contributed by atoms with Crippen LogP contribution in [0.15, 0.2) is 58.5 Å². The first-order valence-corrected chi connectivity index (χ1v) is 11.5. The van der Waals surface area contributed by atoms with Crippen LogP contribution in [0.2, 0.25) is 0 Å². The summed E-state index contributed by atoms with van der Waals surface area (Å²) in [4.78, 5) is 15.0. The van der Waals surface area contributed by atoms with E-state index in [9.17, 15) is 13.2 Å². The number of nitrogens with zero attached hydrogens (tertiary/aromatic N) is 3. The molecule has 9 heteroatoms. The van der Waals surface area contributed by atoms with Crippen LogP contribution in [0.1, 0.15) is 18.4 Å². The summed E-state index contributed by atoms with van der Waals surface area (Å²) >= 11 is 0. The van der Waals surface area contributed by atoms with Crippen LogP contribution in [0.3, 0.4) is 0 Å². The van der Waals surface area contributed by atoms with Crippen molar-refractivity contribution in [3.63, 3.8) is 0 Å². The highest BCUT2D eigenvalue weighted by Crippen LogP contribution is 2.27. The normalized spacial score (nSPS) is 14.7. The predicted molar refractivity (Wildman–Crippen MR) is 121 cm³/mol. The summed E-state index contributed by atoms with van der Waals surface area (Å²) in [6, 6.07) is 13.1. The summed E-state index contributed by atoms with van der Waals surface area (Å²) < 4.78 is 33.1. The van der Waals surface area contributed by atoms with Gasteiger partial charge in [0.1, 0.15) is 12.3 Å². The van der Waals surface area contributed by atoms with E-state index in [1.165, 1.54) is 19.2 Å². The molecule has 0 atom stereocenters. The number of methoxy groups -OCH3 is 1. The molecule has 2 aromatic carbocycles. The fourth-order valence-corrected chi connectivity index (χ4v) is 4.63. The lowest BCUT2D eigenvalue weighted by atomic mass is 10.1. The lowest BCUT2D eigenvalue weighted by Crippen LogP contribution is -2.40. The molecular weight excluding hydrogens is 416 g/mol. The molecule has 1 heterocycles. The Morgan fingerprint density at radius 2 is 1.84 bits per heavy atom. The Morgan fingerprint density at radius 3 is 2.48 bits per heavy atom. The van der Waals surface area contributed by atoms with Gasteiger partial charge in [-0.2, -0.15) is 5.10 Å². The Hall–Kier alpha value is -2.91. The molecule has 2 aromatic rings. The van der Waals surface area contributed by atoms with E-state index in [-0.39, 0.29) is 4.90 Å². The van der Waals surface area contributed by atoms with Gasteiger partial charge in [-0.25, -0.2) is 13.8 Å². The maximum Gasteiger partial charge on any atom is 0.264 e. The van der Waals surface area contributed by atoms with Crippen LogP contribution in [0, 0.1) is 6.92 Å². The van der Waals surface area contributed by atoms with Crippen molar-refractivity contribution in [3.8, 4) is 5.75 Å². The number of hydrogen-bond acceptors (Lipinski definition) is 6. The summed E-state index contributed by atoms with van der Waals surface area (Å²) in [6.45, 7) is 3.24. The van der Waals surface area contributed by atoms with Gasteiger partial charge >= 0.3 is 0 Å². The maximum absolute atomic E-state index is 13.4. The summed E-state index contributed by atoms with van der Waals surface area (Å²) in [5, 5.41) is 4.21. The number of carbonyl (C=O) groups excluding carboxylic acids is 1. The number of piperidine rings is 1. The Bertz CT molecular complexity index is 1040. The molecule has 1 N–H and O–H groups in total. The van der Waals surface area contributed by atoms with Crippen LogP contribution in [0.5, 0.6) is 5.75 Å². The first-order valence-electron chi connectivity index (χ1n) is 10.1. The van der Waals surface area contributed by atoms with Crippen molar-refractivity contribution >= 4 is 27.3 Å². The minimum atomic E-state index is -3.98. The molecule has 0 saturated carbocycles. The highest BCUT2D eigenvalue weighted by Gasteiger charge is 2.27. The average Bonchev–Trinajstić information content (AvgIpc) is 2.77. The van der Waals surface area contributed by atoms with Gasteiger partial charge in [0.15, 0.2) is 0 Å². The third-order valence-electron chi connectivity index (χ3n) is 5.14. The van der Waals surface area contributed by atoms with Gasteiger partial charge in [-0.05, 0) is 38.2 Å². The summed E-state index contributed by atoms with van der Waals surface area (Å²) in [5.74, 6) is -0.0153. The first kappa shape index (κ1) is 22.8. The molecule has 8 nitrogen and oxygen atoms in total. The number of ether oxygens (including phenoxy) is 1. The fraction of sp³-hybridized carbons (Fsp3) is 0.364. The number of sulfonamides is 1. The van der Waals surface area contributed by atoms with Crippen molar-refractivity contribution in [1.29, 1.82) is 0 Å². The van der Waals surface area contributed by atoms with Crippen molar-refractivity contribution in [1.82, 2.24) is 10.3 Å². The van der Waals surface area contributed by atoms with Gasteiger partial charge in [-0.1, -0.05) is 23.8 Å². The van der Waals surface area contributed by atoms with E-state index >= 15 is 0 Å². The average molecular weight is 445 g/mol. The van der Waals surface area contributed by atoms with E-state index in [4.69, 9.17) is 4.74 Å². The lowest BCUT2D eigenvalue weighted by Gasteiger charge is -2.25. The molecule has 31 heavy (non-hydrogen) atoms. The Balaban J connectivity index is 1.86. The molecule has 1 aliphatic heterocycles. The Morgan fingerprint density at radius 1 is 1.16 bits per heavy atom. The van der Waals surface area contributed by atoms with Gasteiger partial charge < -0.3 is 9.64 Å². The second kappa shape index (κ2) is 9.93. The molecule has 0 aromatic heterocycles. The second-order valence-electron chi connectivity index (χ2n) is 7.54. The molecule has 1 aliphatic rings. The molecule has 0 radical (unpaired) electrons. The number of aryl methyl sites for hydroxylation is 1. The van der Waals surface area contributed by atoms with Gasteiger partial charge in [0.25, 0.3) is 15.9 Å². The third-order valence-corrected chi connectivity index (χ3v) is 6.93. The fourth-order valence-electron chi connectivity index (χ4n) is 3.21. The quantitative estimate of drug-likeness (QED) is 0.662. The summed E-state index contributed by atoms with van der Waals surface area (Å²) in [7, 11) is -0.438. The number of carbonyl (C=O) groups is 1. The van der Waals surface area contributed by atoms with Crippen LogP contribution >= 0.6 is 0 Å². The second-order valence-corrected chi connectivity index (χ2v) is 9.40. The zero-order valence-corrected chi connectivity index (χ0v) is 18.9. The van der Waals surface area contributed by atoms with Crippen LogP contribution in [-0.4, -0.2) is 58.7 Å². The molecule has 1 fully saturated rings. The molecule has 1 saturated heterocycles. The number of hydrogen-bond donors (Lipinski definition) is 1. The smallest absolute Gasteiger partial charge is 0.264 e. The predicted octanol–water partition coefficient (Wildman–Crippen LogP) is 2.40. The number of likely N-dealkylation sites (tertiary alicyclic amines) is 1. The number of benzene rings is 2. The minimum absolute atomic E-state index is 0.107. The van der Waals surface area contributed by atoms with Gasteiger partial charge in [0, 0.05) is 37.7 Å². The number of amides is 1. The number of rotatable bonds is 7. The van der Waals surface area contributed by atoms with Crippen LogP contribution in [0.4, 0.5) is 5.69 Å². The van der Waals surface area contributed by atoms with E-state index in [0.29, 0.717) is 11.4 Å². The van der Waals surface area contributed by atoms with E-state index in [1.807, 2.05) is 14.0 Å². The molecule has 0 spiro atoms. The maximum atomic E-state index is 13.4. The van der Waals surface area contributed by atoms with Crippen molar-refractivity contribution in [3.05, 3.63) is 54.1 Å². The zero-order chi connectivity index (χ0) is 22.4. The minimum Gasteiger partial charge on any atom is -0.497 e. The highest BCUT2D eigenvalue weighted by molar-refractivity contribution is 7.92. The van der Waals surface area contributed by atoms with Crippen LogP contribution in [0.25, 0.3) is 0 Å². The first-order chi connectivity index (χ1) is 14.8.